The molecule has 0 spiro atoms. The quantitative estimate of drug-likeness (QED) is 0.698. The number of likely N-dealkylation sites (tertiary alicyclic amines) is 1. The van der Waals surface area contributed by atoms with Gasteiger partial charge in [-0.2, -0.15) is 0 Å². The van der Waals surface area contributed by atoms with Gasteiger partial charge in [-0.15, -0.1) is 12.4 Å². The van der Waals surface area contributed by atoms with Gasteiger partial charge in [0.15, 0.2) is 0 Å². The minimum absolute atomic E-state index is 0. The van der Waals surface area contributed by atoms with E-state index in [4.69, 9.17) is 0 Å². The summed E-state index contributed by atoms with van der Waals surface area (Å²) in [6.45, 7) is 5.83. The molecule has 152 valence electrons. The molecule has 0 atom stereocenters. The Labute approximate surface area is 173 Å². The summed E-state index contributed by atoms with van der Waals surface area (Å²) in [4.78, 5) is 27.2. The fourth-order valence-electron chi connectivity index (χ4n) is 3.65. The van der Waals surface area contributed by atoms with Crippen molar-refractivity contribution >= 4 is 35.0 Å². The van der Waals surface area contributed by atoms with Crippen LogP contribution >= 0.6 is 12.4 Å². The Morgan fingerprint density at radius 1 is 1.00 bits per heavy atom. The normalized spacial score (nSPS) is 14.5. The Bertz CT molecular complexity index is 783. The molecule has 0 aliphatic carbocycles. The molecule has 1 fully saturated rings. The van der Waals surface area contributed by atoms with Gasteiger partial charge in [0.1, 0.15) is 0 Å². The van der Waals surface area contributed by atoms with Crippen LogP contribution in [0.3, 0.4) is 0 Å². The lowest BCUT2D eigenvalue weighted by Gasteiger charge is -2.31. The van der Waals surface area contributed by atoms with E-state index in [1.807, 2.05) is 47.4 Å². The molecule has 1 saturated heterocycles. The summed E-state index contributed by atoms with van der Waals surface area (Å²) in [7, 11) is 0. The fourth-order valence-corrected chi connectivity index (χ4v) is 3.65. The van der Waals surface area contributed by atoms with E-state index in [1.54, 1.807) is 0 Å². The number of piperidine rings is 1. The number of fused-ring (bicyclic) bond motifs is 1. The Kier molecular flexibility index (Phi) is 8.74. The van der Waals surface area contributed by atoms with E-state index in [1.165, 1.54) is 0 Å². The zero-order valence-corrected chi connectivity index (χ0v) is 17.3. The summed E-state index contributed by atoms with van der Waals surface area (Å²) in [6, 6.07) is 13.8. The minimum Gasteiger partial charge on any atom is -0.355 e. The third-order valence-corrected chi connectivity index (χ3v) is 5.20. The molecule has 0 aromatic heterocycles. The van der Waals surface area contributed by atoms with Gasteiger partial charge in [0.05, 0.1) is 0 Å². The lowest BCUT2D eigenvalue weighted by molar-refractivity contribution is -0.126. The average molecular weight is 404 g/mol. The van der Waals surface area contributed by atoms with Crippen molar-refractivity contribution in [3.05, 3.63) is 48.0 Å². The zero-order valence-electron chi connectivity index (χ0n) is 16.4. The third-order valence-electron chi connectivity index (χ3n) is 5.20. The van der Waals surface area contributed by atoms with Crippen LogP contribution in [-0.2, 0) is 4.79 Å². The topological polar surface area (TPSA) is 61.4 Å². The van der Waals surface area contributed by atoms with Gasteiger partial charge in [0.2, 0.25) is 5.91 Å². The molecule has 0 unspecified atom stereocenters. The molecular weight excluding hydrogens is 374 g/mol. The second kappa shape index (κ2) is 11.0. The molecule has 2 N–H and O–H groups in total. The summed E-state index contributed by atoms with van der Waals surface area (Å²) in [5.74, 6) is 0.188. The summed E-state index contributed by atoms with van der Waals surface area (Å²) in [5.41, 5.74) is 0.748. The predicted molar refractivity (Wildman–Crippen MR) is 116 cm³/mol. The molecule has 0 radical (unpaired) electrons. The minimum atomic E-state index is 0. The van der Waals surface area contributed by atoms with E-state index in [-0.39, 0.29) is 30.1 Å². The Morgan fingerprint density at radius 2 is 1.71 bits per heavy atom. The van der Waals surface area contributed by atoms with Crippen molar-refractivity contribution in [1.29, 1.82) is 0 Å². The van der Waals surface area contributed by atoms with Crippen molar-refractivity contribution in [3.8, 4) is 0 Å². The summed E-state index contributed by atoms with van der Waals surface area (Å²) in [5, 5.41) is 8.36. The Morgan fingerprint density at radius 3 is 2.46 bits per heavy atom. The van der Waals surface area contributed by atoms with Crippen LogP contribution in [-0.4, -0.2) is 49.4 Å². The van der Waals surface area contributed by atoms with Crippen LogP contribution < -0.4 is 10.6 Å². The van der Waals surface area contributed by atoms with Crippen molar-refractivity contribution < 1.29 is 9.59 Å². The highest BCUT2D eigenvalue weighted by molar-refractivity contribution is 6.07. The highest BCUT2D eigenvalue weighted by atomic mass is 35.5. The monoisotopic (exact) mass is 403 g/mol. The predicted octanol–water partition coefficient (Wildman–Crippen LogP) is 3.23. The van der Waals surface area contributed by atoms with E-state index in [0.29, 0.717) is 19.6 Å². The van der Waals surface area contributed by atoms with E-state index in [0.717, 1.165) is 48.7 Å². The van der Waals surface area contributed by atoms with Crippen molar-refractivity contribution in [1.82, 2.24) is 15.5 Å². The number of amides is 2. The number of carbonyl (C=O) groups is 2. The summed E-state index contributed by atoms with van der Waals surface area (Å²) in [6.07, 6.45) is 2.55. The molecular formula is C22H30ClN3O2. The molecule has 0 saturated carbocycles. The first-order valence-corrected chi connectivity index (χ1v) is 9.96. The second-order valence-electron chi connectivity index (χ2n) is 7.13. The van der Waals surface area contributed by atoms with Gasteiger partial charge >= 0.3 is 0 Å². The smallest absolute Gasteiger partial charge is 0.254 e. The van der Waals surface area contributed by atoms with Crippen LogP contribution in [0.4, 0.5) is 0 Å². The number of halogens is 1. The molecule has 1 heterocycles. The molecule has 5 nitrogen and oxygen atoms in total. The van der Waals surface area contributed by atoms with E-state index >= 15 is 0 Å². The molecule has 6 heteroatoms. The third kappa shape index (κ3) is 5.46. The van der Waals surface area contributed by atoms with Crippen LogP contribution in [0.25, 0.3) is 10.8 Å². The van der Waals surface area contributed by atoms with E-state index < -0.39 is 0 Å². The Balaban J connectivity index is 0.00000280. The first kappa shape index (κ1) is 22.2. The van der Waals surface area contributed by atoms with Gasteiger partial charge in [0.25, 0.3) is 5.91 Å². The van der Waals surface area contributed by atoms with Crippen molar-refractivity contribution in [2.75, 3.05) is 32.7 Å². The SMILES string of the molecule is CCCNCCNC(=O)C1CCN(C(=O)c2cccc3ccccc23)CC1.Cl. The zero-order chi connectivity index (χ0) is 19.1. The number of nitrogens with one attached hydrogen (secondary N) is 2. The number of nitrogens with zero attached hydrogens (tertiary/aromatic N) is 1. The lowest BCUT2D eigenvalue weighted by atomic mass is 9.95. The maximum atomic E-state index is 13.0. The van der Waals surface area contributed by atoms with Crippen LogP contribution in [0.5, 0.6) is 0 Å². The Hall–Kier alpha value is -2.11. The number of hydrogen-bond acceptors (Lipinski definition) is 3. The summed E-state index contributed by atoms with van der Waals surface area (Å²) < 4.78 is 0. The highest BCUT2D eigenvalue weighted by Crippen LogP contribution is 2.23. The van der Waals surface area contributed by atoms with Crippen LogP contribution in [0.1, 0.15) is 36.5 Å². The molecule has 1 aliphatic rings. The van der Waals surface area contributed by atoms with Crippen molar-refractivity contribution in [2.45, 2.75) is 26.2 Å². The highest BCUT2D eigenvalue weighted by Gasteiger charge is 2.28. The largest absolute Gasteiger partial charge is 0.355 e. The fraction of sp³-hybridized carbons (Fsp3) is 0.455. The number of rotatable bonds is 7. The standard InChI is InChI=1S/C22H29N3O2.ClH/c1-2-12-23-13-14-24-21(26)18-10-15-25(16-11-18)22(27)20-9-5-7-17-6-3-4-8-19(17)20;/h3-9,18,23H,2,10-16H2,1H3,(H,24,26);1H. The molecule has 2 aromatic rings. The van der Waals surface area contributed by atoms with Gasteiger partial charge in [0, 0.05) is 37.7 Å². The van der Waals surface area contributed by atoms with Crippen molar-refractivity contribution in [2.24, 2.45) is 5.92 Å². The van der Waals surface area contributed by atoms with Gasteiger partial charge in [-0.25, -0.2) is 0 Å². The lowest BCUT2D eigenvalue weighted by Crippen LogP contribution is -2.44. The van der Waals surface area contributed by atoms with E-state index in [2.05, 4.69) is 17.6 Å². The van der Waals surface area contributed by atoms with Crippen molar-refractivity contribution in [3.63, 3.8) is 0 Å². The van der Waals surface area contributed by atoms with Gasteiger partial charge in [-0.1, -0.05) is 43.3 Å². The molecule has 1 aliphatic heterocycles. The first-order chi connectivity index (χ1) is 13.2. The van der Waals surface area contributed by atoms with Gasteiger partial charge in [-0.3, -0.25) is 9.59 Å². The molecule has 2 amide bonds. The average Bonchev–Trinajstić information content (AvgIpc) is 2.72. The van der Waals surface area contributed by atoms with Crippen LogP contribution in [0, 0.1) is 5.92 Å². The number of carbonyl (C=O) groups excluding carboxylic acids is 2. The van der Waals surface area contributed by atoms with Crippen LogP contribution in [0.2, 0.25) is 0 Å². The molecule has 2 aromatic carbocycles. The first-order valence-electron chi connectivity index (χ1n) is 9.96. The number of benzene rings is 2. The molecule has 28 heavy (non-hydrogen) atoms. The van der Waals surface area contributed by atoms with Gasteiger partial charge < -0.3 is 15.5 Å². The maximum absolute atomic E-state index is 13.0. The van der Waals surface area contributed by atoms with Crippen LogP contribution in [0.15, 0.2) is 42.5 Å². The molecule has 0 bridgehead atoms. The molecule has 3 rings (SSSR count). The summed E-state index contributed by atoms with van der Waals surface area (Å²) >= 11 is 0. The van der Waals surface area contributed by atoms with E-state index in [9.17, 15) is 9.59 Å². The number of hydrogen-bond donors (Lipinski definition) is 2. The second-order valence-corrected chi connectivity index (χ2v) is 7.13. The maximum Gasteiger partial charge on any atom is 0.254 e. The van der Waals surface area contributed by atoms with Gasteiger partial charge in [-0.05, 0) is 42.6 Å².